The number of carbonyl (C=O) groups is 1. The van der Waals surface area contributed by atoms with E-state index in [0.717, 1.165) is 18.5 Å². The second-order valence-corrected chi connectivity index (χ2v) is 4.81. The summed E-state index contributed by atoms with van der Waals surface area (Å²) in [4.78, 5) is 18.1. The lowest BCUT2D eigenvalue weighted by atomic mass is 10.1. The number of rotatable bonds is 5. The first kappa shape index (κ1) is 14.1. The molecule has 1 aliphatic heterocycles. The highest BCUT2D eigenvalue weighted by Gasteiger charge is 2.23. The Morgan fingerprint density at radius 1 is 1.40 bits per heavy atom. The molecule has 2 rings (SSSR count). The third-order valence-corrected chi connectivity index (χ3v) is 3.35. The van der Waals surface area contributed by atoms with E-state index < -0.39 is 0 Å². The molecule has 0 aromatic heterocycles. The Kier molecular flexibility index (Phi) is 4.76. The van der Waals surface area contributed by atoms with Crippen molar-refractivity contribution in [3.05, 3.63) is 47.8 Å². The molecule has 1 atom stereocenters. The highest BCUT2D eigenvalue weighted by molar-refractivity contribution is 5.78. The molecule has 1 amide bonds. The van der Waals surface area contributed by atoms with Crippen molar-refractivity contribution in [3.63, 3.8) is 0 Å². The Balaban J connectivity index is 2.16. The predicted octanol–water partition coefficient (Wildman–Crippen LogP) is 1.18. The molecule has 0 aliphatic carbocycles. The number of amides is 1. The summed E-state index contributed by atoms with van der Waals surface area (Å²) in [7, 11) is 0. The van der Waals surface area contributed by atoms with Crippen molar-refractivity contribution in [3.8, 4) is 0 Å². The van der Waals surface area contributed by atoms with Crippen LogP contribution in [0, 0.1) is 0 Å². The van der Waals surface area contributed by atoms with Crippen LogP contribution in [0.2, 0.25) is 0 Å². The topological polar surface area (TPSA) is 84.7 Å². The smallest absolute Gasteiger partial charge is 0.222 e. The zero-order valence-corrected chi connectivity index (χ0v) is 11.4. The molecule has 0 bridgehead atoms. The number of aliphatic imine (C=N–C) groups is 1. The molecular weight excluding hydrogens is 252 g/mol. The largest absolute Gasteiger partial charge is 0.403 e. The number of carbonyl (C=O) groups excluding carboxylic acids is 1. The van der Waals surface area contributed by atoms with Gasteiger partial charge in [-0.3, -0.25) is 9.79 Å². The van der Waals surface area contributed by atoms with Gasteiger partial charge in [0, 0.05) is 31.9 Å². The SMILES string of the molecule is NC=C(N)C=NC(CN1CCCC1=O)c1ccccc1. The molecule has 0 spiro atoms. The summed E-state index contributed by atoms with van der Waals surface area (Å²) in [6.07, 6.45) is 4.43. The summed E-state index contributed by atoms with van der Waals surface area (Å²) >= 11 is 0. The van der Waals surface area contributed by atoms with Crippen molar-refractivity contribution in [2.24, 2.45) is 16.5 Å². The molecule has 5 nitrogen and oxygen atoms in total. The van der Waals surface area contributed by atoms with Crippen LogP contribution in [0.15, 0.2) is 47.2 Å². The van der Waals surface area contributed by atoms with Gasteiger partial charge in [-0.25, -0.2) is 0 Å². The molecule has 0 radical (unpaired) electrons. The fraction of sp³-hybridized carbons (Fsp3) is 0.333. The Hall–Kier alpha value is -2.30. The zero-order valence-electron chi connectivity index (χ0n) is 11.4. The summed E-state index contributed by atoms with van der Waals surface area (Å²) in [6, 6.07) is 9.78. The van der Waals surface area contributed by atoms with Crippen molar-refractivity contribution in [1.82, 2.24) is 4.90 Å². The fourth-order valence-corrected chi connectivity index (χ4v) is 2.24. The van der Waals surface area contributed by atoms with Crippen LogP contribution in [-0.4, -0.2) is 30.1 Å². The van der Waals surface area contributed by atoms with Gasteiger partial charge in [0.1, 0.15) is 0 Å². The monoisotopic (exact) mass is 272 g/mol. The molecule has 1 heterocycles. The maximum absolute atomic E-state index is 11.8. The average Bonchev–Trinajstić information content (AvgIpc) is 2.89. The van der Waals surface area contributed by atoms with Crippen LogP contribution in [0.3, 0.4) is 0 Å². The molecule has 1 aliphatic rings. The van der Waals surface area contributed by atoms with Crippen LogP contribution in [0.1, 0.15) is 24.4 Å². The Labute approximate surface area is 119 Å². The van der Waals surface area contributed by atoms with Crippen molar-refractivity contribution in [1.29, 1.82) is 0 Å². The van der Waals surface area contributed by atoms with Gasteiger partial charge in [-0.2, -0.15) is 0 Å². The van der Waals surface area contributed by atoms with Gasteiger partial charge in [-0.15, -0.1) is 0 Å². The summed E-state index contributed by atoms with van der Waals surface area (Å²) in [5.41, 5.74) is 12.5. The number of benzene rings is 1. The van der Waals surface area contributed by atoms with Crippen LogP contribution in [-0.2, 0) is 4.79 Å². The zero-order chi connectivity index (χ0) is 14.4. The van der Waals surface area contributed by atoms with Crippen LogP contribution >= 0.6 is 0 Å². The number of allylic oxidation sites excluding steroid dienone is 1. The number of likely N-dealkylation sites (tertiary alicyclic amines) is 1. The van der Waals surface area contributed by atoms with Crippen molar-refractivity contribution in [2.45, 2.75) is 18.9 Å². The second kappa shape index (κ2) is 6.75. The highest BCUT2D eigenvalue weighted by atomic mass is 16.2. The lowest BCUT2D eigenvalue weighted by Gasteiger charge is -2.21. The number of nitrogens with two attached hydrogens (primary N) is 2. The lowest BCUT2D eigenvalue weighted by molar-refractivity contribution is -0.127. The van der Waals surface area contributed by atoms with Gasteiger partial charge in [-0.1, -0.05) is 30.3 Å². The molecule has 1 aromatic carbocycles. The molecule has 1 fully saturated rings. The van der Waals surface area contributed by atoms with E-state index in [1.165, 1.54) is 6.20 Å². The van der Waals surface area contributed by atoms with E-state index in [1.807, 2.05) is 35.2 Å². The average molecular weight is 272 g/mol. The summed E-state index contributed by atoms with van der Waals surface area (Å²) in [5.74, 6) is 0.198. The van der Waals surface area contributed by atoms with E-state index in [2.05, 4.69) is 4.99 Å². The van der Waals surface area contributed by atoms with E-state index in [9.17, 15) is 4.79 Å². The second-order valence-electron chi connectivity index (χ2n) is 4.81. The molecule has 0 saturated carbocycles. The van der Waals surface area contributed by atoms with Crippen LogP contribution in [0.5, 0.6) is 0 Å². The van der Waals surface area contributed by atoms with Gasteiger partial charge in [0.2, 0.25) is 5.91 Å². The van der Waals surface area contributed by atoms with Crippen LogP contribution in [0.25, 0.3) is 0 Å². The van der Waals surface area contributed by atoms with Gasteiger partial charge >= 0.3 is 0 Å². The normalized spacial score (nSPS) is 17.9. The Bertz CT molecular complexity index is 510. The standard InChI is InChI=1S/C15H20N4O/c16-9-13(17)10-18-14(12-5-2-1-3-6-12)11-19-8-4-7-15(19)20/h1-3,5-6,9-10,14H,4,7-8,11,16-17H2. The highest BCUT2D eigenvalue weighted by Crippen LogP contribution is 2.21. The third kappa shape index (κ3) is 3.60. The minimum absolute atomic E-state index is 0.114. The fourth-order valence-electron chi connectivity index (χ4n) is 2.24. The molecule has 1 saturated heterocycles. The minimum atomic E-state index is -0.114. The number of nitrogens with zero attached hydrogens (tertiary/aromatic N) is 2. The first-order valence-electron chi connectivity index (χ1n) is 6.74. The molecule has 5 heteroatoms. The van der Waals surface area contributed by atoms with E-state index in [1.54, 1.807) is 6.21 Å². The maximum Gasteiger partial charge on any atom is 0.222 e. The predicted molar refractivity (Wildman–Crippen MR) is 79.9 cm³/mol. The number of hydrogen-bond donors (Lipinski definition) is 2. The van der Waals surface area contributed by atoms with Gasteiger partial charge in [0.25, 0.3) is 0 Å². The van der Waals surface area contributed by atoms with E-state index in [0.29, 0.717) is 18.7 Å². The minimum Gasteiger partial charge on any atom is -0.403 e. The van der Waals surface area contributed by atoms with Crippen molar-refractivity contribution < 1.29 is 4.79 Å². The van der Waals surface area contributed by atoms with Gasteiger partial charge in [0.15, 0.2) is 0 Å². The Morgan fingerprint density at radius 3 is 2.75 bits per heavy atom. The Morgan fingerprint density at radius 2 is 2.15 bits per heavy atom. The van der Waals surface area contributed by atoms with Crippen molar-refractivity contribution in [2.75, 3.05) is 13.1 Å². The van der Waals surface area contributed by atoms with Gasteiger partial charge in [0.05, 0.1) is 11.7 Å². The number of hydrogen-bond acceptors (Lipinski definition) is 4. The summed E-state index contributed by atoms with van der Waals surface area (Å²) in [6.45, 7) is 1.39. The first-order chi connectivity index (χ1) is 9.70. The maximum atomic E-state index is 11.8. The van der Waals surface area contributed by atoms with E-state index >= 15 is 0 Å². The van der Waals surface area contributed by atoms with E-state index in [-0.39, 0.29) is 11.9 Å². The lowest BCUT2D eigenvalue weighted by Crippen LogP contribution is -2.29. The third-order valence-electron chi connectivity index (χ3n) is 3.35. The molecule has 106 valence electrons. The van der Waals surface area contributed by atoms with Crippen LogP contribution < -0.4 is 11.5 Å². The molecule has 20 heavy (non-hydrogen) atoms. The van der Waals surface area contributed by atoms with Crippen molar-refractivity contribution >= 4 is 12.1 Å². The molecule has 4 N–H and O–H groups in total. The van der Waals surface area contributed by atoms with Crippen LogP contribution in [0.4, 0.5) is 0 Å². The quantitative estimate of drug-likeness (QED) is 0.789. The van der Waals surface area contributed by atoms with Gasteiger partial charge in [-0.05, 0) is 12.0 Å². The first-order valence-corrected chi connectivity index (χ1v) is 6.74. The summed E-state index contributed by atoms with van der Waals surface area (Å²) < 4.78 is 0. The molecule has 1 aromatic rings. The van der Waals surface area contributed by atoms with Gasteiger partial charge < -0.3 is 16.4 Å². The molecular formula is C15H20N4O. The van der Waals surface area contributed by atoms with E-state index in [4.69, 9.17) is 11.5 Å². The summed E-state index contributed by atoms with van der Waals surface area (Å²) in [5, 5.41) is 0. The molecule has 1 unspecified atom stereocenters.